The smallest absolute Gasteiger partial charge is 0.227 e. The monoisotopic (exact) mass is 565 g/mol. The van der Waals surface area contributed by atoms with E-state index in [1.165, 1.54) is 12.1 Å². The quantitative estimate of drug-likeness (QED) is 0.311. The Kier molecular flexibility index (Phi) is 9.91. The van der Waals surface area contributed by atoms with Gasteiger partial charge in [0, 0.05) is 43.1 Å². The lowest BCUT2D eigenvalue weighted by atomic mass is 9.69. The first-order valence-corrected chi connectivity index (χ1v) is 15.1. The Morgan fingerprint density at radius 2 is 1.76 bits per heavy atom. The lowest BCUT2D eigenvalue weighted by molar-refractivity contribution is -0.141. The van der Waals surface area contributed by atoms with E-state index in [9.17, 15) is 14.7 Å². The number of phenols is 1. The van der Waals surface area contributed by atoms with Gasteiger partial charge >= 0.3 is 0 Å². The first-order chi connectivity index (χ1) is 19.4. The second kappa shape index (κ2) is 13.0. The number of rotatable bonds is 9. The number of carbonyl (C=O) groups excluding carboxylic acids is 2. The summed E-state index contributed by atoms with van der Waals surface area (Å²) in [6.07, 6.45) is 3.91. The van der Waals surface area contributed by atoms with Crippen LogP contribution in [0.4, 0.5) is 4.39 Å². The molecule has 2 fully saturated rings. The van der Waals surface area contributed by atoms with E-state index in [2.05, 4.69) is 49.6 Å². The molecule has 0 aliphatic carbocycles. The van der Waals surface area contributed by atoms with Gasteiger partial charge in [0.05, 0.1) is 5.92 Å². The molecule has 4 rings (SSSR count). The number of phenolic OH excluding ortho intramolecular Hbond substituents is 1. The summed E-state index contributed by atoms with van der Waals surface area (Å²) in [5.74, 6) is -1.83. The normalized spacial score (nSPS) is 23.8. The number of piperidine rings is 1. The molecule has 2 heterocycles. The molecule has 4 atom stereocenters. The average molecular weight is 566 g/mol. The summed E-state index contributed by atoms with van der Waals surface area (Å²) >= 11 is 0. The standard InChI is InChI=1S/C34H48FN3O3/c1-23-26(14-10-15-29(23)35)31-27(32(40)24-12-9-13-25(39)20-24)21-37(18-8-7-17-36(5)6)22-28(31)33(41)38-19-11-16-30(38)34(2,3)4/h9-10,12-15,20,27-28,30-31,39H,7-8,11,16-19,21-22H2,1-6H3/t27-,28+,30+,31+/m0/s1. The summed E-state index contributed by atoms with van der Waals surface area (Å²) in [4.78, 5) is 35.3. The first kappa shape index (κ1) is 31.2. The van der Waals surface area contributed by atoms with Crippen molar-refractivity contribution in [1.29, 1.82) is 0 Å². The molecule has 2 saturated heterocycles. The number of unbranched alkanes of at least 4 members (excludes halogenated alkanes) is 1. The Hall–Kier alpha value is -2.77. The van der Waals surface area contributed by atoms with Gasteiger partial charge in [-0.2, -0.15) is 0 Å². The Bertz CT molecular complexity index is 1220. The van der Waals surface area contributed by atoms with Crippen LogP contribution in [-0.4, -0.2) is 84.4 Å². The molecular weight excluding hydrogens is 517 g/mol. The Balaban J connectivity index is 1.78. The minimum absolute atomic E-state index is 0.0309. The van der Waals surface area contributed by atoms with Crippen LogP contribution < -0.4 is 0 Å². The lowest BCUT2D eigenvalue weighted by Crippen LogP contribution is -2.55. The molecule has 0 saturated carbocycles. The van der Waals surface area contributed by atoms with Gasteiger partial charge in [0.1, 0.15) is 11.6 Å². The highest BCUT2D eigenvalue weighted by atomic mass is 19.1. The van der Waals surface area contributed by atoms with Crippen LogP contribution in [0, 0.1) is 30.0 Å². The van der Waals surface area contributed by atoms with E-state index in [0.717, 1.165) is 44.3 Å². The average Bonchev–Trinajstić information content (AvgIpc) is 3.42. The third-order valence-electron chi connectivity index (χ3n) is 9.10. The van der Waals surface area contributed by atoms with Gasteiger partial charge in [-0.05, 0) is 94.5 Å². The van der Waals surface area contributed by atoms with Crippen LogP contribution in [-0.2, 0) is 4.79 Å². The highest BCUT2D eigenvalue weighted by molar-refractivity contribution is 5.99. The van der Waals surface area contributed by atoms with Crippen molar-refractivity contribution < 1.29 is 19.1 Å². The Labute approximate surface area is 245 Å². The predicted molar refractivity (Wildman–Crippen MR) is 162 cm³/mol. The number of amides is 1. The van der Waals surface area contributed by atoms with Gasteiger partial charge < -0.3 is 19.8 Å². The topological polar surface area (TPSA) is 64.1 Å². The van der Waals surface area contributed by atoms with E-state index in [0.29, 0.717) is 30.8 Å². The van der Waals surface area contributed by atoms with E-state index in [1.807, 2.05) is 6.07 Å². The molecule has 0 spiro atoms. The zero-order valence-corrected chi connectivity index (χ0v) is 25.7. The third-order valence-corrected chi connectivity index (χ3v) is 9.10. The molecule has 41 heavy (non-hydrogen) atoms. The molecule has 1 N–H and O–H groups in total. The van der Waals surface area contributed by atoms with Crippen molar-refractivity contribution in [2.45, 2.75) is 65.3 Å². The number of aromatic hydroxyl groups is 1. The molecule has 0 unspecified atom stereocenters. The van der Waals surface area contributed by atoms with Crippen LogP contribution in [0.25, 0.3) is 0 Å². The molecule has 0 bridgehead atoms. The number of Topliss-reactive ketones (excluding diaryl/α,β-unsaturated/α-hetero) is 1. The Morgan fingerprint density at radius 1 is 1.05 bits per heavy atom. The SMILES string of the molecule is Cc1c(F)cccc1[C@@H]1[C@@H](C(=O)c2cccc(O)c2)CN(CCCCN(C)C)C[C@H]1C(=O)N1CCC[C@@H]1C(C)(C)C. The second-order valence-corrected chi connectivity index (χ2v) is 13.4. The van der Waals surface area contributed by atoms with Crippen LogP contribution in [0.3, 0.4) is 0 Å². The maximum absolute atomic E-state index is 15.0. The minimum atomic E-state index is -0.551. The Morgan fingerprint density at radius 3 is 2.44 bits per heavy atom. The van der Waals surface area contributed by atoms with Crippen LogP contribution >= 0.6 is 0 Å². The highest BCUT2D eigenvalue weighted by Crippen LogP contribution is 2.44. The molecular formula is C34H48FN3O3. The van der Waals surface area contributed by atoms with Crippen LogP contribution in [0.15, 0.2) is 42.5 Å². The minimum Gasteiger partial charge on any atom is -0.508 e. The number of hydrogen-bond donors (Lipinski definition) is 1. The van der Waals surface area contributed by atoms with Gasteiger partial charge in [-0.25, -0.2) is 4.39 Å². The zero-order chi connectivity index (χ0) is 29.9. The maximum atomic E-state index is 15.0. The summed E-state index contributed by atoms with van der Waals surface area (Å²) < 4.78 is 15.0. The van der Waals surface area contributed by atoms with Gasteiger partial charge in [0.15, 0.2) is 5.78 Å². The highest BCUT2D eigenvalue weighted by Gasteiger charge is 2.48. The molecule has 2 aliphatic rings. The number of likely N-dealkylation sites (tertiary alicyclic amines) is 2. The lowest BCUT2D eigenvalue weighted by Gasteiger charge is -2.46. The van der Waals surface area contributed by atoms with Crippen LogP contribution in [0.1, 0.15) is 73.9 Å². The number of carbonyl (C=O) groups is 2. The molecule has 2 aromatic carbocycles. The number of halogens is 1. The summed E-state index contributed by atoms with van der Waals surface area (Å²) in [6, 6.07) is 11.6. The predicted octanol–water partition coefficient (Wildman–Crippen LogP) is 5.73. The molecule has 224 valence electrons. The number of hydrogen-bond acceptors (Lipinski definition) is 5. The zero-order valence-electron chi connectivity index (χ0n) is 25.7. The molecule has 0 radical (unpaired) electrons. The fourth-order valence-electron chi connectivity index (χ4n) is 7.00. The van der Waals surface area contributed by atoms with Crippen molar-refractivity contribution in [3.05, 3.63) is 65.0 Å². The van der Waals surface area contributed by atoms with Crippen molar-refractivity contribution in [2.24, 2.45) is 17.3 Å². The van der Waals surface area contributed by atoms with Gasteiger partial charge in [0.25, 0.3) is 0 Å². The van der Waals surface area contributed by atoms with E-state index in [1.54, 1.807) is 31.2 Å². The fraction of sp³-hybridized carbons (Fsp3) is 0.588. The van der Waals surface area contributed by atoms with Crippen molar-refractivity contribution in [1.82, 2.24) is 14.7 Å². The van der Waals surface area contributed by atoms with Gasteiger partial charge in [-0.15, -0.1) is 0 Å². The van der Waals surface area contributed by atoms with E-state index >= 15 is 4.39 Å². The molecule has 2 aliphatic heterocycles. The van der Waals surface area contributed by atoms with Crippen molar-refractivity contribution in [3.63, 3.8) is 0 Å². The first-order valence-electron chi connectivity index (χ1n) is 15.1. The molecule has 7 heteroatoms. The molecule has 0 aromatic heterocycles. The van der Waals surface area contributed by atoms with Crippen LogP contribution in [0.5, 0.6) is 5.75 Å². The van der Waals surface area contributed by atoms with Crippen molar-refractivity contribution in [3.8, 4) is 5.75 Å². The van der Waals surface area contributed by atoms with Crippen molar-refractivity contribution >= 4 is 11.7 Å². The number of benzene rings is 2. The van der Waals surface area contributed by atoms with Crippen molar-refractivity contribution in [2.75, 3.05) is 46.8 Å². The summed E-state index contributed by atoms with van der Waals surface area (Å²) in [7, 11) is 4.13. The maximum Gasteiger partial charge on any atom is 0.227 e. The van der Waals surface area contributed by atoms with E-state index < -0.39 is 17.8 Å². The van der Waals surface area contributed by atoms with Gasteiger partial charge in [-0.3, -0.25) is 9.59 Å². The number of ketones is 1. The third kappa shape index (κ3) is 7.18. The second-order valence-electron chi connectivity index (χ2n) is 13.4. The fourth-order valence-corrected chi connectivity index (χ4v) is 7.00. The molecule has 1 amide bonds. The number of nitrogens with zero attached hydrogens (tertiary/aromatic N) is 3. The van der Waals surface area contributed by atoms with Gasteiger partial charge in [0.2, 0.25) is 5.91 Å². The largest absolute Gasteiger partial charge is 0.508 e. The van der Waals surface area contributed by atoms with Crippen LogP contribution in [0.2, 0.25) is 0 Å². The molecule has 2 aromatic rings. The van der Waals surface area contributed by atoms with Gasteiger partial charge in [-0.1, -0.05) is 45.0 Å². The van der Waals surface area contributed by atoms with E-state index in [4.69, 9.17) is 0 Å². The summed E-state index contributed by atoms with van der Waals surface area (Å²) in [5.41, 5.74) is 1.59. The summed E-state index contributed by atoms with van der Waals surface area (Å²) in [6.45, 7) is 11.8. The summed E-state index contributed by atoms with van der Waals surface area (Å²) in [5, 5.41) is 10.2. The molecule has 6 nitrogen and oxygen atoms in total. The van der Waals surface area contributed by atoms with E-state index in [-0.39, 0.29) is 34.7 Å².